The molecule has 0 amide bonds. The van der Waals surface area contributed by atoms with Crippen molar-refractivity contribution in [3.05, 3.63) is 16.1 Å². The fraction of sp³-hybridized carbons (Fsp3) is 0.667. The second-order valence-corrected chi connectivity index (χ2v) is 5.33. The Morgan fingerprint density at radius 2 is 2.56 bits per heavy atom. The number of thiazole rings is 1. The van der Waals surface area contributed by atoms with Crippen LogP contribution in [0.2, 0.25) is 0 Å². The highest BCUT2D eigenvalue weighted by atomic mass is 32.1. The number of nitrogens with zero attached hydrogens (tertiary/aromatic N) is 2. The Kier molecular flexibility index (Phi) is 4.68. The molecule has 1 aliphatic rings. The fourth-order valence-electron chi connectivity index (χ4n) is 2.08. The van der Waals surface area contributed by atoms with E-state index in [0.29, 0.717) is 13.2 Å². The third-order valence-electron chi connectivity index (χ3n) is 3.03. The first-order valence-corrected chi connectivity index (χ1v) is 7.04. The van der Waals surface area contributed by atoms with Gasteiger partial charge in [-0.1, -0.05) is 6.92 Å². The number of rotatable bonds is 5. The molecule has 0 radical (unpaired) electrons. The van der Waals surface area contributed by atoms with Crippen molar-refractivity contribution in [1.82, 2.24) is 9.88 Å². The van der Waals surface area contributed by atoms with Crippen molar-refractivity contribution in [3.8, 4) is 0 Å². The van der Waals surface area contributed by atoms with Gasteiger partial charge in [0.15, 0.2) is 0 Å². The summed E-state index contributed by atoms with van der Waals surface area (Å²) in [5, 5.41) is 12.1. The molecule has 0 saturated carbocycles. The van der Waals surface area contributed by atoms with Gasteiger partial charge in [0, 0.05) is 24.5 Å². The van der Waals surface area contributed by atoms with Crippen molar-refractivity contribution in [2.75, 3.05) is 19.8 Å². The predicted octanol–water partition coefficient (Wildman–Crippen LogP) is 1.38. The Bertz CT molecular complexity index is 408. The lowest BCUT2D eigenvalue weighted by Crippen LogP contribution is -2.45. The van der Waals surface area contributed by atoms with E-state index in [1.165, 1.54) is 0 Å². The van der Waals surface area contributed by atoms with Crippen molar-refractivity contribution in [2.24, 2.45) is 0 Å². The lowest BCUT2D eigenvalue weighted by Gasteiger charge is -2.34. The van der Waals surface area contributed by atoms with Crippen LogP contribution in [0.15, 0.2) is 5.38 Å². The van der Waals surface area contributed by atoms with Crippen LogP contribution in [0.1, 0.15) is 24.0 Å². The number of carbonyl (C=O) groups is 1. The second kappa shape index (κ2) is 6.26. The standard InChI is InChI=1S/C12H18N2O3S/c1-2-11-13-9(8-18-11)6-14-3-4-17-7-10(14)5-12(15)16/h8,10H,2-7H2,1H3,(H,15,16). The van der Waals surface area contributed by atoms with Crippen LogP contribution in [0.25, 0.3) is 0 Å². The molecule has 0 aliphatic carbocycles. The van der Waals surface area contributed by atoms with Crippen LogP contribution in [-0.2, 0) is 22.5 Å². The van der Waals surface area contributed by atoms with E-state index in [-0.39, 0.29) is 12.5 Å². The Hall–Kier alpha value is -0.980. The van der Waals surface area contributed by atoms with Gasteiger partial charge in [0.1, 0.15) is 0 Å². The predicted molar refractivity (Wildman–Crippen MR) is 68.8 cm³/mol. The number of carboxylic acid groups (broad SMARTS) is 1. The molecular formula is C12H18N2O3S. The van der Waals surface area contributed by atoms with E-state index in [2.05, 4.69) is 22.2 Å². The molecule has 1 fully saturated rings. The van der Waals surface area contributed by atoms with E-state index in [4.69, 9.17) is 9.84 Å². The average molecular weight is 270 g/mol. The summed E-state index contributed by atoms with van der Waals surface area (Å²) < 4.78 is 5.35. The van der Waals surface area contributed by atoms with Crippen LogP contribution in [0.5, 0.6) is 0 Å². The Balaban J connectivity index is 1.98. The van der Waals surface area contributed by atoms with Gasteiger partial charge in [-0.2, -0.15) is 0 Å². The van der Waals surface area contributed by atoms with Gasteiger partial charge < -0.3 is 9.84 Å². The Labute approximate surface area is 110 Å². The molecule has 2 heterocycles. The number of ether oxygens (including phenoxy) is 1. The first-order valence-electron chi connectivity index (χ1n) is 6.16. The molecule has 5 nitrogen and oxygen atoms in total. The number of morpholine rings is 1. The quantitative estimate of drug-likeness (QED) is 0.876. The fourth-order valence-corrected chi connectivity index (χ4v) is 2.81. The smallest absolute Gasteiger partial charge is 0.305 e. The number of hydrogen-bond acceptors (Lipinski definition) is 5. The van der Waals surface area contributed by atoms with Gasteiger partial charge in [-0.15, -0.1) is 11.3 Å². The van der Waals surface area contributed by atoms with Crippen molar-refractivity contribution >= 4 is 17.3 Å². The maximum absolute atomic E-state index is 10.8. The minimum atomic E-state index is -0.775. The number of carboxylic acids is 1. The van der Waals surface area contributed by atoms with Gasteiger partial charge in [0.2, 0.25) is 0 Å². The van der Waals surface area contributed by atoms with Crippen LogP contribution in [-0.4, -0.2) is 46.8 Å². The van der Waals surface area contributed by atoms with E-state index in [1.807, 2.05) is 0 Å². The minimum Gasteiger partial charge on any atom is -0.481 e. The zero-order valence-electron chi connectivity index (χ0n) is 10.5. The maximum Gasteiger partial charge on any atom is 0.305 e. The third-order valence-corrected chi connectivity index (χ3v) is 4.07. The van der Waals surface area contributed by atoms with Crippen LogP contribution in [0, 0.1) is 0 Å². The summed E-state index contributed by atoms with van der Waals surface area (Å²) in [6, 6.07) is -0.0389. The number of aliphatic carboxylic acids is 1. The Morgan fingerprint density at radius 3 is 3.22 bits per heavy atom. The van der Waals surface area contributed by atoms with Gasteiger partial charge in [-0.05, 0) is 6.42 Å². The zero-order chi connectivity index (χ0) is 13.0. The molecule has 1 N–H and O–H groups in total. The van der Waals surface area contributed by atoms with Crippen LogP contribution in [0.4, 0.5) is 0 Å². The highest BCUT2D eigenvalue weighted by Crippen LogP contribution is 2.17. The first kappa shape index (κ1) is 13.5. The van der Waals surface area contributed by atoms with Crippen molar-refractivity contribution < 1.29 is 14.6 Å². The van der Waals surface area contributed by atoms with Crippen molar-refractivity contribution in [3.63, 3.8) is 0 Å². The molecule has 0 bridgehead atoms. The van der Waals surface area contributed by atoms with E-state index in [1.54, 1.807) is 11.3 Å². The van der Waals surface area contributed by atoms with Crippen molar-refractivity contribution in [2.45, 2.75) is 32.4 Å². The van der Waals surface area contributed by atoms with Crippen LogP contribution < -0.4 is 0 Å². The molecule has 1 unspecified atom stereocenters. The summed E-state index contributed by atoms with van der Waals surface area (Å²) in [6.45, 7) is 4.75. The first-order chi connectivity index (χ1) is 8.69. The van der Waals surface area contributed by atoms with E-state index in [9.17, 15) is 4.79 Å². The summed E-state index contributed by atoms with van der Waals surface area (Å²) in [6.07, 6.45) is 1.08. The van der Waals surface area contributed by atoms with Gasteiger partial charge in [0.05, 0.1) is 30.3 Å². The molecule has 2 rings (SSSR count). The van der Waals surface area contributed by atoms with Gasteiger partial charge >= 0.3 is 5.97 Å². The molecule has 1 aromatic heterocycles. The summed E-state index contributed by atoms with van der Waals surface area (Å²) in [4.78, 5) is 17.5. The summed E-state index contributed by atoms with van der Waals surface area (Å²) in [5.41, 5.74) is 1.04. The number of aryl methyl sites for hydroxylation is 1. The monoisotopic (exact) mass is 270 g/mol. The second-order valence-electron chi connectivity index (χ2n) is 4.38. The lowest BCUT2D eigenvalue weighted by atomic mass is 10.1. The minimum absolute atomic E-state index is 0.0389. The zero-order valence-corrected chi connectivity index (χ0v) is 11.3. The molecule has 1 saturated heterocycles. The lowest BCUT2D eigenvalue weighted by molar-refractivity contribution is -0.140. The molecule has 0 spiro atoms. The van der Waals surface area contributed by atoms with Gasteiger partial charge in [-0.25, -0.2) is 4.98 Å². The molecule has 100 valence electrons. The SMILES string of the molecule is CCc1nc(CN2CCOCC2CC(=O)O)cs1. The molecule has 1 atom stereocenters. The van der Waals surface area contributed by atoms with Gasteiger partial charge in [-0.3, -0.25) is 9.69 Å². The number of hydrogen-bond donors (Lipinski definition) is 1. The average Bonchev–Trinajstić information content (AvgIpc) is 2.79. The highest BCUT2D eigenvalue weighted by Gasteiger charge is 2.25. The summed E-state index contributed by atoms with van der Waals surface area (Å²) in [7, 11) is 0. The van der Waals surface area contributed by atoms with E-state index < -0.39 is 5.97 Å². The molecule has 0 aromatic carbocycles. The van der Waals surface area contributed by atoms with Crippen LogP contribution in [0.3, 0.4) is 0 Å². The maximum atomic E-state index is 10.8. The highest BCUT2D eigenvalue weighted by molar-refractivity contribution is 7.09. The normalized spacial score (nSPS) is 21.1. The molecule has 6 heteroatoms. The van der Waals surface area contributed by atoms with Crippen molar-refractivity contribution in [1.29, 1.82) is 0 Å². The molecule has 1 aliphatic heterocycles. The summed E-state index contributed by atoms with van der Waals surface area (Å²) >= 11 is 1.67. The number of aromatic nitrogens is 1. The van der Waals surface area contributed by atoms with Gasteiger partial charge in [0.25, 0.3) is 0 Å². The molecular weight excluding hydrogens is 252 g/mol. The third kappa shape index (κ3) is 3.51. The summed E-state index contributed by atoms with van der Waals surface area (Å²) in [5.74, 6) is -0.775. The largest absolute Gasteiger partial charge is 0.481 e. The van der Waals surface area contributed by atoms with E-state index >= 15 is 0 Å². The molecule has 18 heavy (non-hydrogen) atoms. The van der Waals surface area contributed by atoms with Crippen LogP contribution >= 0.6 is 11.3 Å². The molecule has 1 aromatic rings. The topological polar surface area (TPSA) is 62.7 Å². The van der Waals surface area contributed by atoms with E-state index in [0.717, 1.165) is 30.2 Å². The Morgan fingerprint density at radius 1 is 1.72 bits per heavy atom.